The van der Waals surface area contributed by atoms with Crippen molar-refractivity contribution in [3.05, 3.63) is 12.2 Å². The topological polar surface area (TPSA) is 20.2 Å². The molecule has 1 atom stereocenters. The SMILES string of the molecule is O[C@@H]1C=CCCC1. The fraction of sp³-hybridized carbons (Fsp3) is 0.667. The summed E-state index contributed by atoms with van der Waals surface area (Å²) in [6.07, 6.45) is 7.01. The summed E-state index contributed by atoms with van der Waals surface area (Å²) in [5.74, 6) is 0. The molecule has 0 aromatic carbocycles. The highest BCUT2D eigenvalue weighted by atomic mass is 16.3. The Bertz CT molecular complexity index is 76.2. The number of allylic oxidation sites excluding steroid dienone is 1. The Balaban J connectivity index is 2.36. The molecule has 0 aliphatic heterocycles. The van der Waals surface area contributed by atoms with Crippen LogP contribution in [0.1, 0.15) is 19.3 Å². The van der Waals surface area contributed by atoms with Crippen molar-refractivity contribution in [1.29, 1.82) is 0 Å². The smallest absolute Gasteiger partial charge is 0.0721 e. The standard InChI is InChI=1S/C6H10O/c7-6-4-2-1-3-5-6/h2,4,6-7H,1,3,5H2/t6-/m1/s1. The van der Waals surface area contributed by atoms with Gasteiger partial charge in [0.1, 0.15) is 0 Å². The lowest BCUT2D eigenvalue weighted by molar-refractivity contribution is 0.204. The molecule has 0 fully saturated rings. The van der Waals surface area contributed by atoms with E-state index < -0.39 is 0 Å². The lowest BCUT2D eigenvalue weighted by Crippen LogP contribution is -2.04. The molecule has 0 saturated carbocycles. The van der Waals surface area contributed by atoms with Crippen LogP contribution in [0.5, 0.6) is 0 Å². The molecule has 1 aliphatic rings. The first-order valence-corrected chi connectivity index (χ1v) is 2.74. The highest BCUT2D eigenvalue weighted by Gasteiger charge is 2.00. The van der Waals surface area contributed by atoms with Gasteiger partial charge in [-0.3, -0.25) is 0 Å². The molecule has 1 heteroatoms. The predicted octanol–water partition coefficient (Wildman–Crippen LogP) is 1.09. The maximum Gasteiger partial charge on any atom is 0.0721 e. The third-order valence-corrected chi connectivity index (χ3v) is 1.23. The number of aliphatic hydroxyl groups excluding tert-OH is 1. The molecule has 1 N–H and O–H groups in total. The molecule has 0 radical (unpaired) electrons. The minimum Gasteiger partial charge on any atom is -0.389 e. The van der Waals surface area contributed by atoms with Crippen molar-refractivity contribution in [2.75, 3.05) is 0 Å². The predicted molar refractivity (Wildman–Crippen MR) is 29.0 cm³/mol. The number of hydrogen-bond acceptors (Lipinski definition) is 1. The van der Waals surface area contributed by atoms with E-state index in [1.165, 1.54) is 0 Å². The Morgan fingerprint density at radius 3 is 2.71 bits per heavy atom. The fourth-order valence-electron chi connectivity index (χ4n) is 0.794. The van der Waals surface area contributed by atoms with Gasteiger partial charge >= 0.3 is 0 Å². The van der Waals surface area contributed by atoms with Crippen molar-refractivity contribution in [1.82, 2.24) is 0 Å². The van der Waals surface area contributed by atoms with Crippen LogP contribution in [0.25, 0.3) is 0 Å². The van der Waals surface area contributed by atoms with E-state index in [9.17, 15) is 0 Å². The van der Waals surface area contributed by atoms with Gasteiger partial charge in [0.15, 0.2) is 0 Å². The van der Waals surface area contributed by atoms with Gasteiger partial charge in [-0.2, -0.15) is 0 Å². The normalized spacial score (nSPS) is 30.7. The Kier molecular flexibility index (Phi) is 1.47. The zero-order chi connectivity index (χ0) is 5.11. The molecule has 0 amide bonds. The Hall–Kier alpha value is -0.300. The highest BCUT2D eigenvalue weighted by molar-refractivity contribution is 4.92. The van der Waals surface area contributed by atoms with E-state index in [1.807, 2.05) is 12.2 Å². The van der Waals surface area contributed by atoms with Crippen molar-refractivity contribution >= 4 is 0 Å². The van der Waals surface area contributed by atoms with Crippen LogP contribution in [-0.2, 0) is 0 Å². The van der Waals surface area contributed by atoms with Crippen LogP contribution in [0, 0.1) is 0 Å². The first-order valence-electron chi connectivity index (χ1n) is 2.74. The summed E-state index contributed by atoms with van der Waals surface area (Å²) < 4.78 is 0. The maximum absolute atomic E-state index is 8.82. The number of hydrogen-bond donors (Lipinski definition) is 1. The summed E-state index contributed by atoms with van der Waals surface area (Å²) in [5, 5.41) is 8.82. The molecule has 0 saturated heterocycles. The van der Waals surface area contributed by atoms with Crippen LogP contribution in [0.3, 0.4) is 0 Å². The molecule has 0 heterocycles. The summed E-state index contributed by atoms with van der Waals surface area (Å²) in [5.41, 5.74) is 0. The molecule has 0 bridgehead atoms. The van der Waals surface area contributed by atoms with Crippen molar-refractivity contribution in [3.63, 3.8) is 0 Å². The molecule has 7 heavy (non-hydrogen) atoms. The molecule has 1 nitrogen and oxygen atoms in total. The second-order valence-electron chi connectivity index (χ2n) is 1.93. The van der Waals surface area contributed by atoms with Gasteiger partial charge in [-0.1, -0.05) is 12.2 Å². The maximum atomic E-state index is 8.82. The summed E-state index contributed by atoms with van der Waals surface area (Å²) in [7, 11) is 0. The van der Waals surface area contributed by atoms with Gasteiger partial charge in [-0.25, -0.2) is 0 Å². The van der Waals surface area contributed by atoms with Crippen molar-refractivity contribution in [3.8, 4) is 0 Å². The van der Waals surface area contributed by atoms with Crippen molar-refractivity contribution in [2.45, 2.75) is 25.4 Å². The summed E-state index contributed by atoms with van der Waals surface area (Å²) in [6.45, 7) is 0. The van der Waals surface area contributed by atoms with E-state index in [0.717, 1.165) is 19.3 Å². The van der Waals surface area contributed by atoms with E-state index >= 15 is 0 Å². The van der Waals surface area contributed by atoms with E-state index in [-0.39, 0.29) is 6.10 Å². The third-order valence-electron chi connectivity index (χ3n) is 1.23. The Labute approximate surface area is 43.7 Å². The molecule has 1 rings (SSSR count). The molecule has 40 valence electrons. The molecule has 0 spiro atoms. The van der Waals surface area contributed by atoms with Gasteiger partial charge in [-0.05, 0) is 19.3 Å². The van der Waals surface area contributed by atoms with Gasteiger partial charge in [0.2, 0.25) is 0 Å². The van der Waals surface area contributed by atoms with Crippen LogP contribution < -0.4 is 0 Å². The fourth-order valence-corrected chi connectivity index (χ4v) is 0.794. The second kappa shape index (κ2) is 2.12. The van der Waals surface area contributed by atoms with Crippen LogP contribution in [0.15, 0.2) is 12.2 Å². The molecular formula is C6H10O. The molecule has 0 aromatic heterocycles. The van der Waals surface area contributed by atoms with E-state index in [2.05, 4.69) is 0 Å². The van der Waals surface area contributed by atoms with Gasteiger partial charge < -0.3 is 5.11 Å². The zero-order valence-corrected chi connectivity index (χ0v) is 4.30. The van der Waals surface area contributed by atoms with Crippen molar-refractivity contribution < 1.29 is 5.11 Å². The first kappa shape index (κ1) is 4.85. The van der Waals surface area contributed by atoms with Crippen molar-refractivity contribution in [2.24, 2.45) is 0 Å². The molecule has 0 unspecified atom stereocenters. The van der Waals surface area contributed by atoms with Gasteiger partial charge in [0.05, 0.1) is 6.10 Å². The average Bonchev–Trinajstić information content (AvgIpc) is 1.69. The second-order valence-corrected chi connectivity index (χ2v) is 1.93. The zero-order valence-electron chi connectivity index (χ0n) is 4.30. The lowest BCUT2D eigenvalue weighted by atomic mass is 10.1. The number of aliphatic hydroxyl groups is 1. The Morgan fingerprint density at radius 2 is 2.43 bits per heavy atom. The quantitative estimate of drug-likeness (QED) is 0.449. The first-order chi connectivity index (χ1) is 3.39. The third kappa shape index (κ3) is 1.32. The van der Waals surface area contributed by atoms with Crippen LogP contribution >= 0.6 is 0 Å². The van der Waals surface area contributed by atoms with E-state index in [0.29, 0.717) is 0 Å². The monoisotopic (exact) mass is 98.1 g/mol. The van der Waals surface area contributed by atoms with Gasteiger partial charge in [-0.15, -0.1) is 0 Å². The van der Waals surface area contributed by atoms with Crippen LogP contribution in [-0.4, -0.2) is 11.2 Å². The number of rotatable bonds is 0. The van der Waals surface area contributed by atoms with Gasteiger partial charge in [0.25, 0.3) is 0 Å². The molecule has 1 aliphatic carbocycles. The summed E-state index contributed by atoms with van der Waals surface area (Å²) >= 11 is 0. The minimum absolute atomic E-state index is 0.145. The van der Waals surface area contributed by atoms with Gasteiger partial charge in [0, 0.05) is 0 Å². The van der Waals surface area contributed by atoms with Crippen LogP contribution in [0.2, 0.25) is 0 Å². The Morgan fingerprint density at radius 1 is 1.57 bits per heavy atom. The largest absolute Gasteiger partial charge is 0.389 e. The minimum atomic E-state index is -0.145. The van der Waals surface area contributed by atoms with E-state index in [4.69, 9.17) is 5.11 Å². The average molecular weight is 98.1 g/mol. The molecular weight excluding hydrogens is 88.1 g/mol. The summed E-state index contributed by atoms with van der Waals surface area (Å²) in [4.78, 5) is 0. The lowest BCUT2D eigenvalue weighted by Gasteiger charge is -2.07. The van der Waals surface area contributed by atoms with E-state index in [1.54, 1.807) is 0 Å². The van der Waals surface area contributed by atoms with Crippen LogP contribution in [0.4, 0.5) is 0 Å². The highest BCUT2D eigenvalue weighted by Crippen LogP contribution is 2.08. The molecule has 0 aromatic rings. The summed E-state index contributed by atoms with van der Waals surface area (Å²) in [6, 6.07) is 0.